The molecule has 1 aromatic carbocycles. The molecule has 94 valence electrons. The quantitative estimate of drug-likeness (QED) is 0.469. The van der Waals surface area contributed by atoms with Gasteiger partial charge in [0, 0.05) is 17.5 Å². The van der Waals surface area contributed by atoms with Gasteiger partial charge in [-0.15, -0.1) is 0 Å². The Balaban J connectivity index is 2.55. The fourth-order valence-electron chi connectivity index (χ4n) is 1.72. The van der Waals surface area contributed by atoms with Crippen LogP contribution in [0.5, 0.6) is 0 Å². The van der Waals surface area contributed by atoms with Gasteiger partial charge in [0.1, 0.15) is 6.04 Å². The van der Waals surface area contributed by atoms with E-state index in [4.69, 9.17) is 0 Å². The highest BCUT2D eigenvalue weighted by atomic mass is 16.6. The molecule has 0 bridgehead atoms. The third-order valence-electron chi connectivity index (χ3n) is 2.70. The number of fused-ring (bicyclic) bond motifs is 1. The van der Waals surface area contributed by atoms with Crippen LogP contribution in [0.4, 0.5) is 5.69 Å². The van der Waals surface area contributed by atoms with E-state index in [1.807, 2.05) is 0 Å². The monoisotopic (exact) mass is 249 g/mol. The summed E-state index contributed by atoms with van der Waals surface area (Å²) < 4.78 is 6.04. The van der Waals surface area contributed by atoms with Crippen molar-refractivity contribution in [3.05, 3.63) is 34.5 Å². The Morgan fingerprint density at radius 1 is 1.56 bits per heavy atom. The average molecular weight is 249 g/mol. The molecule has 0 fully saturated rings. The first-order valence-electron chi connectivity index (χ1n) is 5.24. The maximum absolute atomic E-state index is 11.5. The van der Waals surface area contributed by atoms with Crippen LogP contribution in [0.2, 0.25) is 0 Å². The Morgan fingerprint density at radius 2 is 2.28 bits per heavy atom. The molecule has 0 radical (unpaired) electrons. The smallest absolute Gasteiger partial charge is 0.330 e. The lowest BCUT2D eigenvalue weighted by molar-refractivity contribution is -0.384. The molecule has 0 unspecified atom stereocenters. The van der Waals surface area contributed by atoms with E-state index in [2.05, 4.69) is 9.84 Å². The van der Waals surface area contributed by atoms with Gasteiger partial charge in [0.15, 0.2) is 0 Å². The van der Waals surface area contributed by atoms with E-state index >= 15 is 0 Å². The molecule has 0 aliphatic rings. The number of nitrogens with zero attached hydrogens (tertiary/aromatic N) is 3. The molecule has 0 aliphatic carbocycles. The van der Waals surface area contributed by atoms with Crippen molar-refractivity contribution in [2.24, 2.45) is 0 Å². The van der Waals surface area contributed by atoms with Crippen molar-refractivity contribution in [1.82, 2.24) is 9.78 Å². The number of non-ortho nitro benzene ring substituents is 1. The van der Waals surface area contributed by atoms with E-state index in [9.17, 15) is 14.9 Å². The van der Waals surface area contributed by atoms with Crippen LogP contribution in [0.1, 0.15) is 13.0 Å². The highest BCUT2D eigenvalue weighted by Crippen LogP contribution is 2.23. The van der Waals surface area contributed by atoms with Crippen LogP contribution in [0.3, 0.4) is 0 Å². The van der Waals surface area contributed by atoms with E-state index < -0.39 is 16.9 Å². The summed E-state index contributed by atoms with van der Waals surface area (Å²) in [5, 5.41) is 15.5. The van der Waals surface area contributed by atoms with Crippen LogP contribution in [0.15, 0.2) is 24.4 Å². The van der Waals surface area contributed by atoms with Crippen LogP contribution in [0, 0.1) is 10.1 Å². The lowest BCUT2D eigenvalue weighted by Gasteiger charge is -2.10. The van der Waals surface area contributed by atoms with Gasteiger partial charge in [0.05, 0.1) is 23.7 Å². The molecule has 18 heavy (non-hydrogen) atoms. The van der Waals surface area contributed by atoms with Crippen LogP contribution in [0.25, 0.3) is 10.9 Å². The molecule has 0 saturated carbocycles. The van der Waals surface area contributed by atoms with Gasteiger partial charge in [0.25, 0.3) is 5.69 Å². The Hall–Kier alpha value is -2.44. The van der Waals surface area contributed by atoms with E-state index in [0.29, 0.717) is 5.52 Å². The number of hydrogen-bond donors (Lipinski definition) is 0. The second-order valence-corrected chi connectivity index (χ2v) is 3.79. The third-order valence-corrected chi connectivity index (χ3v) is 2.70. The Kier molecular flexibility index (Phi) is 2.97. The van der Waals surface area contributed by atoms with Gasteiger partial charge in [-0.1, -0.05) is 0 Å². The van der Waals surface area contributed by atoms with Gasteiger partial charge in [-0.25, -0.2) is 4.79 Å². The summed E-state index contributed by atoms with van der Waals surface area (Å²) in [5.74, 6) is -0.452. The predicted octanol–water partition coefficient (Wildman–Crippen LogP) is 1.68. The first kappa shape index (κ1) is 12.0. The fraction of sp³-hybridized carbons (Fsp3) is 0.273. The van der Waals surface area contributed by atoms with Crippen LogP contribution in [-0.4, -0.2) is 27.8 Å². The van der Waals surface area contributed by atoms with Gasteiger partial charge in [0.2, 0.25) is 0 Å². The number of rotatable bonds is 3. The summed E-state index contributed by atoms with van der Waals surface area (Å²) in [6.45, 7) is 1.62. The minimum Gasteiger partial charge on any atom is -0.467 e. The van der Waals surface area contributed by atoms with Gasteiger partial charge in [-0.2, -0.15) is 5.10 Å². The molecule has 1 heterocycles. The number of hydrogen-bond acceptors (Lipinski definition) is 5. The van der Waals surface area contributed by atoms with Crippen LogP contribution >= 0.6 is 0 Å². The molecule has 7 heteroatoms. The molecule has 0 saturated heterocycles. The number of ether oxygens (including phenoxy) is 1. The molecule has 0 amide bonds. The number of carbonyl (C=O) groups excluding carboxylic acids is 1. The second kappa shape index (κ2) is 4.44. The number of carbonyl (C=O) groups is 1. The van der Waals surface area contributed by atoms with Crippen molar-refractivity contribution in [3.63, 3.8) is 0 Å². The Bertz CT molecular complexity index is 620. The summed E-state index contributed by atoms with van der Waals surface area (Å²) in [7, 11) is 1.28. The van der Waals surface area contributed by atoms with E-state index in [1.165, 1.54) is 23.9 Å². The van der Waals surface area contributed by atoms with E-state index in [-0.39, 0.29) is 5.69 Å². The normalized spacial score (nSPS) is 12.3. The number of nitro benzene ring substituents is 1. The zero-order valence-electron chi connectivity index (χ0n) is 9.86. The maximum Gasteiger partial charge on any atom is 0.330 e. The van der Waals surface area contributed by atoms with Crippen molar-refractivity contribution >= 4 is 22.6 Å². The second-order valence-electron chi connectivity index (χ2n) is 3.79. The summed E-state index contributed by atoms with van der Waals surface area (Å²) >= 11 is 0. The summed E-state index contributed by atoms with van der Waals surface area (Å²) in [6.07, 6.45) is 1.55. The third kappa shape index (κ3) is 1.90. The maximum atomic E-state index is 11.5. The molecular weight excluding hydrogens is 238 g/mol. The molecule has 0 N–H and O–H groups in total. The highest BCUT2D eigenvalue weighted by Gasteiger charge is 2.19. The van der Waals surface area contributed by atoms with Crippen molar-refractivity contribution in [2.75, 3.05) is 7.11 Å². The zero-order chi connectivity index (χ0) is 13.3. The minimum absolute atomic E-state index is 0.0404. The summed E-state index contributed by atoms with van der Waals surface area (Å²) in [6, 6.07) is 3.76. The van der Waals surface area contributed by atoms with Crippen LogP contribution < -0.4 is 0 Å². The zero-order valence-corrected chi connectivity index (χ0v) is 9.86. The molecule has 1 atom stereocenters. The highest BCUT2D eigenvalue weighted by molar-refractivity contribution is 5.83. The molecule has 2 aromatic rings. The van der Waals surface area contributed by atoms with Crippen molar-refractivity contribution in [2.45, 2.75) is 13.0 Å². The van der Waals surface area contributed by atoms with Gasteiger partial charge in [-0.05, 0) is 13.0 Å². The average Bonchev–Trinajstić information content (AvgIpc) is 2.79. The number of esters is 1. The first-order chi connectivity index (χ1) is 8.54. The topological polar surface area (TPSA) is 87.3 Å². The van der Waals surface area contributed by atoms with Crippen molar-refractivity contribution in [1.29, 1.82) is 0 Å². The number of methoxy groups -OCH3 is 1. The lowest BCUT2D eigenvalue weighted by atomic mass is 10.2. The molecule has 0 spiro atoms. The van der Waals surface area contributed by atoms with Gasteiger partial charge < -0.3 is 4.74 Å². The first-order valence-corrected chi connectivity index (χ1v) is 5.24. The molecule has 1 aromatic heterocycles. The summed E-state index contributed by atoms with van der Waals surface area (Å²) in [5.41, 5.74) is 0.489. The number of nitro groups is 1. The van der Waals surface area contributed by atoms with Gasteiger partial charge >= 0.3 is 5.97 Å². The predicted molar refractivity (Wildman–Crippen MR) is 63.1 cm³/mol. The van der Waals surface area contributed by atoms with E-state index in [1.54, 1.807) is 19.2 Å². The molecule has 7 nitrogen and oxygen atoms in total. The number of benzene rings is 1. The standard InChI is InChI=1S/C11H11N3O4/c1-7(11(15)18-2)13-10-5-9(14(16)17)4-3-8(10)6-12-13/h3-7H,1-2H3/t7-/m0/s1. The molecule has 0 aliphatic heterocycles. The molecular formula is C11H11N3O4. The van der Waals surface area contributed by atoms with Crippen LogP contribution in [-0.2, 0) is 9.53 Å². The summed E-state index contributed by atoms with van der Waals surface area (Å²) in [4.78, 5) is 21.7. The number of aromatic nitrogens is 2. The fourth-order valence-corrected chi connectivity index (χ4v) is 1.72. The van der Waals surface area contributed by atoms with E-state index in [0.717, 1.165) is 5.39 Å². The lowest BCUT2D eigenvalue weighted by Crippen LogP contribution is -2.18. The van der Waals surface area contributed by atoms with Gasteiger partial charge in [-0.3, -0.25) is 14.8 Å². The molecule has 2 rings (SSSR count). The van der Waals surface area contributed by atoms with Crippen molar-refractivity contribution < 1.29 is 14.5 Å². The Labute approximate surface area is 102 Å². The SMILES string of the molecule is COC(=O)[C@H](C)n1ncc2ccc([N+](=O)[O-])cc21. The Morgan fingerprint density at radius 3 is 2.89 bits per heavy atom. The largest absolute Gasteiger partial charge is 0.467 e. The minimum atomic E-state index is -0.630. The van der Waals surface area contributed by atoms with Crippen molar-refractivity contribution in [3.8, 4) is 0 Å².